The number of carboxylic acid groups (broad SMARTS) is 1. The van der Waals surface area contributed by atoms with Crippen LogP contribution in [0.2, 0.25) is 5.02 Å². The molecule has 0 saturated carbocycles. The molecule has 0 aromatic heterocycles. The highest BCUT2D eigenvalue weighted by molar-refractivity contribution is 6.32. The predicted molar refractivity (Wildman–Crippen MR) is 76.0 cm³/mol. The number of fused-ring (bicyclic) bond motifs is 1. The second-order valence-corrected chi connectivity index (χ2v) is 5.11. The van der Waals surface area contributed by atoms with Crippen LogP contribution in [-0.4, -0.2) is 29.8 Å². The Kier molecular flexibility index (Phi) is 4.90. The van der Waals surface area contributed by atoms with Crippen LogP contribution in [0.5, 0.6) is 11.5 Å². The Bertz CT molecular complexity index is 561. The number of hydrogen-bond donors (Lipinski definition) is 2. The summed E-state index contributed by atoms with van der Waals surface area (Å²) in [6.45, 7) is 2.01. The van der Waals surface area contributed by atoms with E-state index in [-0.39, 0.29) is 17.4 Å². The molecule has 7 heteroatoms. The van der Waals surface area contributed by atoms with Crippen LogP contribution in [0.25, 0.3) is 0 Å². The second-order valence-electron chi connectivity index (χ2n) is 4.70. The van der Waals surface area contributed by atoms with E-state index in [4.69, 9.17) is 26.2 Å². The summed E-state index contributed by atoms with van der Waals surface area (Å²) in [4.78, 5) is 23.3. The summed E-state index contributed by atoms with van der Waals surface area (Å²) >= 11 is 6.00. The molecule has 0 unspecified atom stereocenters. The molecule has 1 aliphatic rings. The van der Waals surface area contributed by atoms with Gasteiger partial charge in [0, 0.05) is 5.56 Å². The van der Waals surface area contributed by atoms with Gasteiger partial charge in [-0.1, -0.05) is 31.4 Å². The summed E-state index contributed by atoms with van der Waals surface area (Å²) in [5.74, 6) is -0.774. The van der Waals surface area contributed by atoms with Gasteiger partial charge >= 0.3 is 5.97 Å². The molecule has 1 aliphatic heterocycles. The number of benzene rings is 1. The number of carbonyl (C=O) groups excluding carboxylic acids is 1. The molecule has 114 valence electrons. The van der Waals surface area contributed by atoms with Crippen LogP contribution >= 0.6 is 11.6 Å². The normalized spacial score (nSPS) is 13.8. The molecule has 1 atom stereocenters. The molecule has 6 nitrogen and oxygen atoms in total. The SMILES string of the molecule is CCCC[C@H](NC(=O)c1cc(Cl)c2c(c1)OCO2)C(=O)O. The minimum Gasteiger partial charge on any atom is -0.480 e. The largest absolute Gasteiger partial charge is 0.480 e. The zero-order valence-corrected chi connectivity index (χ0v) is 12.3. The third-order valence-corrected chi connectivity index (χ3v) is 3.42. The van der Waals surface area contributed by atoms with Gasteiger partial charge in [-0.15, -0.1) is 0 Å². The van der Waals surface area contributed by atoms with Crippen LogP contribution in [0.15, 0.2) is 12.1 Å². The number of ether oxygens (including phenoxy) is 2. The maximum Gasteiger partial charge on any atom is 0.326 e. The van der Waals surface area contributed by atoms with Crippen molar-refractivity contribution in [2.24, 2.45) is 0 Å². The van der Waals surface area contributed by atoms with E-state index in [0.717, 1.165) is 12.8 Å². The van der Waals surface area contributed by atoms with Crippen molar-refractivity contribution in [1.82, 2.24) is 5.32 Å². The lowest BCUT2D eigenvalue weighted by molar-refractivity contribution is -0.139. The van der Waals surface area contributed by atoms with Crippen molar-refractivity contribution in [2.75, 3.05) is 6.79 Å². The number of carbonyl (C=O) groups is 2. The Hall–Kier alpha value is -1.95. The summed E-state index contributed by atoms with van der Waals surface area (Å²) in [6.07, 6.45) is 1.96. The molecule has 0 aliphatic carbocycles. The first kappa shape index (κ1) is 15.4. The van der Waals surface area contributed by atoms with Gasteiger partial charge in [0.05, 0.1) is 5.02 Å². The van der Waals surface area contributed by atoms with Gasteiger partial charge in [-0.25, -0.2) is 4.79 Å². The number of aliphatic carboxylic acids is 1. The van der Waals surface area contributed by atoms with Crippen LogP contribution in [0.1, 0.15) is 36.5 Å². The number of carboxylic acids is 1. The van der Waals surface area contributed by atoms with E-state index in [1.54, 1.807) is 0 Å². The topological polar surface area (TPSA) is 84.9 Å². The van der Waals surface area contributed by atoms with Gasteiger partial charge in [0.1, 0.15) is 6.04 Å². The maximum atomic E-state index is 12.1. The van der Waals surface area contributed by atoms with Crippen molar-refractivity contribution in [3.8, 4) is 11.5 Å². The summed E-state index contributed by atoms with van der Waals surface area (Å²) in [6, 6.07) is 2.01. The van der Waals surface area contributed by atoms with Crippen molar-refractivity contribution in [1.29, 1.82) is 0 Å². The Morgan fingerprint density at radius 3 is 2.86 bits per heavy atom. The summed E-state index contributed by atoms with van der Waals surface area (Å²) in [5.41, 5.74) is 0.243. The molecule has 1 aromatic rings. The first-order chi connectivity index (χ1) is 10.0. The smallest absolute Gasteiger partial charge is 0.326 e. The maximum absolute atomic E-state index is 12.1. The average Bonchev–Trinajstić information content (AvgIpc) is 2.91. The van der Waals surface area contributed by atoms with E-state index in [1.807, 2.05) is 6.92 Å². The Morgan fingerprint density at radius 2 is 2.19 bits per heavy atom. The highest BCUT2D eigenvalue weighted by Crippen LogP contribution is 2.39. The van der Waals surface area contributed by atoms with Crippen LogP contribution in [0.4, 0.5) is 0 Å². The lowest BCUT2D eigenvalue weighted by Gasteiger charge is -2.14. The fourth-order valence-electron chi connectivity index (χ4n) is 2.01. The monoisotopic (exact) mass is 313 g/mol. The van der Waals surface area contributed by atoms with Crippen molar-refractivity contribution >= 4 is 23.5 Å². The molecule has 1 amide bonds. The van der Waals surface area contributed by atoms with Gasteiger partial charge in [-0.2, -0.15) is 0 Å². The summed E-state index contributed by atoms with van der Waals surface area (Å²) < 4.78 is 10.3. The van der Waals surface area contributed by atoms with E-state index in [2.05, 4.69) is 5.32 Å². The second kappa shape index (κ2) is 6.67. The average molecular weight is 314 g/mol. The van der Waals surface area contributed by atoms with Crippen molar-refractivity contribution in [2.45, 2.75) is 32.2 Å². The number of nitrogens with one attached hydrogen (secondary N) is 1. The number of amides is 1. The standard InChI is InChI=1S/C14H16ClNO5/c1-2-3-4-10(14(18)19)16-13(17)8-5-9(15)12-11(6-8)20-7-21-12/h5-6,10H,2-4,7H2,1H3,(H,16,17)(H,18,19)/t10-/m0/s1. The van der Waals surface area contributed by atoms with Crippen LogP contribution in [0, 0.1) is 0 Å². The van der Waals surface area contributed by atoms with Gasteiger partial charge < -0.3 is 19.9 Å². The fourth-order valence-corrected chi connectivity index (χ4v) is 2.27. The zero-order chi connectivity index (χ0) is 15.4. The van der Waals surface area contributed by atoms with E-state index in [1.165, 1.54) is 12.1 Å². The first-order valence-corrected chi connectivity index (χ1v) is 7.03. The summed E-state index contributed by atoms with van der Waals surface area (Å²) in [7, 11) is 0. The third kappa shape index (κ3) is 3.58. The fraction of sp³-hybridized carbons (Fsp3) is 0.429. The molecule has 0 spiro atoms. The molecule has 21 heavy (non-hydrogen) atoms. The van der Waals surface area contributed by atoms with Crippen molar-refractivity contribution in [3.05, 3.63) is 22.7 Å². The van der Waals surface area contributed by atoms with Crippen molar-refractivity contribution < 1.29 is 24.2 Å². The molecule has 0 saturated heterocycles. The first-order valence-electron chi connectivity index (χ1n) is 6.65. The highest BCUT2D eigenvalue weighted by Gasteiger charge is 2.24. The molecular formula is C14H16ClNO5. The molecule has 2 N–H and O–H groups in total. The molecule has 0 fully saturated rings. The zero-order valence-electron chi connectivity index (χ0n) is 11.5. The molecular weight excluding hydrogens is 298 g/mol. The van der Waals surface area contributed by atoms with Crippen LogP contribution in [-0.2, 0) is 4.79 Å². The molecule has 1 aromatic carbocycles. The van der Waals surface area contributed by atoms with Gasteiger partial charge in [-0.3, -0.25) is 4.79 Å². The molecule has 2 rings (SSSR count). The highest BCUT2D eigenvalue weighted by atomic mass is 35.5. The van der Waals surface area contributed by atoms with E-state index >= 15 is 0 Å². The number of halogens is 1. The Labute approximate surface area is 127 Å². The minimum atomic E-state index is -1.05. The molecule has 1 heterocycles. The predicted octanol–water partition coefficient (Wildman–Crippen LogP) is 2.44. The van der Waals surface area contributed by atoms with E-state index in [0.29, 0.717) is 17.9 Å². The number of hydrogen-bond acceptors (Lipinski definition) is 4. The molecule has 0 bridgehead atoms. The summed E-state index contributed by atoms with van der Waals surface area (Å²) in [5, 5.41) is 11.9. The van der Waals surface area contributed by atoms with Gasteiger partial charge in [0.2, 0.25) is 6.79 Å². The van der Waals surface area contributed by atoms with Crippen molar-refractivity contribution in [3.63, 3.8) is 0 Å². The number of unbranched alkanes of at least 4 members (excludes halogenated alkanes) is 1. The Morgan fingerprint density at radius 1 is 1.43 bits per heavy atom. The van der Waals surface area contributed by atoms with Crippen LogP contribution < -0.4 is 14.8 Å². The lowest BCUT2D eigenvalue weighted by atomic mass is 10.1. The van der Waals surface area contributed by atoms with Gasteiger partial charge in [0.25, 0.3) is 5.91 Å². The number of rotatable bonds is 6. The molecule has 0 radical (unpaired) electrons. The van der Waals surface area contributed by atoms with E-state index in [9.17, 15) is 9.59 Å². The van der Waals surface area contributed by atoms with Gasteiger partial charge in [0.15, 0.2) is 11.5 Å². The Balaban J connectivity index is 2.12. The third-order valence-electron chi connectivity index (χ3n) is 3.14. The quantitative estimate of drug-likeness (QED) is 0.842. The minimum absolute atomic E-state index is 0.0500. The van der Waals surface area contributed by atoms with E-state index < -0.39 is 17.9 Å². The lowest BCUT2D eigenvalue weighted by Crippen LogP contribution is -2.40. The van der Waals surface area contributed by atoms with Crippen LogP contribution in [0.3, 0.4) is 0 Å². The van der Waals surface area contributed by atoms with Gasteiger partial charge in [-0.05, 0) is 18.6 Å².